The minimum absolute atomic E-state index is 0.144. The summed E-state index contributed by atoms with van der Waals surface area (Å²) in [5, 5.41) is 5.07. The predicted molar refractivity (Wildman–Crippen MR) is 76.8 cm³/mol. The lowest BCUT2D eigenvalue weighted by Crippen LogP contribution is -2.05. The summed E-state index contributed by atoms with van der Waals surface area (Å²) in [5.74, 6) is 0.0516. The average Bonchev–Trinajstić information content (AvgIpc) is 2.77. The van der Waals surface area contributed by atoms with Gasteiger partial charge in [0.25, 0.3) is 0 Å². The van der Waals surface area contributed by atoms with Crippen LogP contribution in [0.15, 0.2) is 28.5 Å². The number of anilines is 2. The Balaban J connectivity index is 1.96. The first-order valence-electron chi connectivity index (χ1n) is 5.44. The second-order valence-corrected chi connectivity index (χ2v) is 5.70. The van der Waals surface area contributed by atoms with E-state index < -0.39 is 5.82 Å². The molecule has 0 aliphatic carbocycles. The number of nitrogen functional groups attached to an aromatic ring is 1. The molecule has 19 heavy (non-hydrogen) atoms. The van der Waals surface area contributed by atoms with Crippen LogP contribution in [0.1, 0.15) is 12.6 Å². The third-order valence-electron chi connectivity index (χ3n) is 2.19. The lowest BCUT2D eigenvalue weighted by molar-refractivity contribution is -0.114. The van der Waals surface area contributed by atoms with Crippen LogP contribution in [0.3, 0.4) is 0 Å². The van der Waals surface area contributed by atoms with Crippen LogP contribution >= 0.6 is 23.1 Å². The van der Waals surface area contributed by atoms with E-state index in [1.165, 1.54) is 36.1 Å². The van der Waals surface area contributed by atoms with Gasteiger partial charge in [-0.1, -0.05) is 0 Å². The minimum atomic E-state index is -0.415. The molecule has 7 heteroatoms. The predicted octanol–water partition coefficient (Wildman–Crippen LogP) is 3.12. The van der Waals surface area contributed by atoms with Gasteiger partial charge in [-0.15, -0.1) is 23.1 Å². The van der Waals surface area contributed by atoms with Crippen LogP contribution in [-0.4, -0.2) is 10.9 Å². The molecule has 1 aromatic heterocycles. The Morgan fingerprint density at radius 2 is 2.37 bits per heavy atom. The van der Waals surface area contributed by atoms with Gasteiger partial charge >= 0.3 is 0 Å². The Hall–Kier alpha value is -1.60. The fraction of sp³-hybridized carbons (Fsp3) is 0.167. The van der Waals surface area contributed by atoms with Gasteiger partial charge in [0.15, 0.2) is 5.13 Å². The third-order valence-corrected chi connectivity index (χ3v) is 4.03. The maximum atomic E-state index is 13.3. The molecule has 1 aromatic carbocycles. The molecule has 2 rings (SSSR count). The van der Waals surface area contributed by atoms with Crippen molar-refractivity contribution in [1.82, 2.24) is 4.98 Å². The van der Waals surface area contributed by atoms with Crippen molar-refractivity contribution in [1.29, 1.82) is 0 Å². The molecule has 0 fully saturated rings. The normalized spacial score (nSPS) is 10.4. The number of hydrogen-bond acceptors (Lipinski definition) is 5. The molecule has 2 aromatic rings. The van der Waals surface area contributed by atoms with E-state index >= 15 is 0 Å². The molecule has 0 radical (unpaired) electrons. The van der Waals surface area contributed by atoms with Gasteiger partial charge in [-0.05, 0) is 18.2 Å². The van der Waals surface area contributed by atoms with Gasteiger partial charge in [-0.2, -0.15) is 0 Å². The van der Waals surface area contributed by atoms with Crippen LogP contribution < -0.4 is 11.1 Å². The number of hydrogen-bond donors (Lipinski definition) is 2. The second kappa shape index (κ2) is 6.03. The number of rotatable bonds is 4. The van der Waals surface area contributed by atoms with E-state index in [0.717, 1.165) is 10.6 Å². The summed E-state index contributed by atoms with van der Waals surface area (Å²) in [5.41, 5.74) is 6.40. The van der Waals surface area contributed by atoms with E-state index in [1.54, 1.807) is 12.1 Å². The number of nitrogens with two attached hydrogens (primary N) is 1. The Morgan fingerprint density at radius 3 is 3.05 bits per heavy atom. The smallest absolute Gasteiger partial charge is 0.223 e. The van der Waals surface area contributed by atoms with Crippen LogP contribution in [0.2, 0.25) is 0 Å². The van der Waals surface area contributed by atoms with E-state index in [0.29, 0.717) is 10.9 Å². The summed E-state index contributed by atoms with van der Waals surface area (Å²) in [6.07, 6.45) is 0. The van der Waals surface area contributed by atoms with Gasteiger partial charge in [-0.25, -0.2) is 9.37 Å². The molecular formula is C12H12FN3OS2. The number of carbonyl (C=O) groups excluding carboxylic acids is 1. The molecule has 0 unspecified atom stereocenters. The highest BCUT2D eigenvalue weighted by molar-refractivity contribution is 7.98. The van der Waals surface area contributed by atoms with Gasteiger partial charge in [0, 0.05) is 23.0 Å². The second-order valence-electron chi connectivity index (χ2n) is 3.80. The van der Waals surface area contributed by atoms with Gasteiger partial charge in [-0.3, -0.25) is 4.79 Å². The number of nitrogens with one attached hydrogen (secondary N) is 1. The number of halogens is 1. The fourth-order valence-corrected chi connectivity index (χ4v) is 3.01. The van der Waals surface area contributed by atoms with Crippen LogP contribution in [0.25, 0.3) is 0 Å². The van der Waals surface area contributed by atoms with Crippen molar-refractivity contribution in [2.75, 3.05) is 11.1 Å². The zero-order valence-corrected chi connectivity index (χ0v) is 11.8. The molecule has 4 nitrogen and oxygen atoms in total. The number of amides is 1. The first kappa shape index (κ1) is 13.8. The molecule has 0 spiro atoms. The summed E-state index contributed by atoms with van der Waals surface area (Å²) < 4.78 is 13.3. The number of carbonyl (C=O) groups is 1. The van der Waals surface area contributed by atoms with Crippen molar-refractivity contribution >= 4 is 39.8 Å². The van der Waals surface area contributed by atoms with Crippen molar-refractivity contribution in [2.24, 2.45) is 0 Å². The van der Waals surface area contributed by atoms with E-state index in [2.05, 4.69) is 10.3 Å². The molecule has 0 bridgehead atoms. The molecule has 1 heterocycles. The van der Waals surface area contributed by atoms with E-state index in [-0.39, 0.29) is 11.6 Å². The summed E-state index contributed by atoms with van der Waals surface area (Å²) in [6.45, 7) is 1.44. The third kappa shape index (κ3) is 3.93. The largest absolute Gasteiger partial charge is 0.396 e. The molecule has 0 atom stereocenters. The van der Waals surface area contributed by atoms with Crippen LogP contribution in [0.4, 0.5) is 15.2 Å². The molecule has 1 amide bonds. The average molecular weight is 297 g/mol. The lowest BCUT2D eigenvalue weighted by atomic mass is 10.3. The van der Waals surface area contributed by atoms with Crippen LogP contribution in [-0.2, 0) is 10.5 Å². The fourth-order valence-electron chi connectivity index (χ4n) is 1.34. The van der Waals surface area contributed by atoms with E-state index in [4.69, 9.17) is 5.73 Å². The quantitative estimate of drug-likeness (QED) is 0.672. The van der Waals surface area contributed by atoms with Crippen molar-refractivity contribution in [3.8, 4) is 0 Å². The number of thiazole rings is 1. The van der Waals surface area contributed by atoms with Crippen molar-refractivity contribution < 1.29 is 9.18 Å². The van der Waals surface area contributed by atoms with Gasteiger partial charge in [0.05, 0.1) is 11.4 Å². The molecule has 3 N–H and O–H groups in total. The highest BCUT2D eigenvalue weighted by Gasteiger charge is 2.05. The van der Waals surface area contributed by atoms with Gasteiger partial charge < -0.3 is 11.1 Å². The lowest BCUT2D eigenvalue weighted by Gasteiger charge is -2.01. The Morgan fingerprint density at radius 1 is 1.58 bits per heavy atom. The number of benzene rings is 1. The van der Waals surface area contributed by atoms with Crippen LogP contribution in [0, 0.1) is 5.82 Å². The zero-order chi connectivity index (χ0) is 13.8. The molecule has 0 saturated heterocycles. The summed E-state index contributed by atoms with van der Waals surface area (Å²) in [7, 11) is 0. The first-order valence-corrected chi connectivity index (χ1v) is 7.31. The first-order chi connectivity index (χ1) is 9.04. The Bertz CT molecular complexity index is 600. The van der Waals surface area contributed by atoms with Crippen molar-refractivity contribution in [3.63, 3.8) is 0 Å². The number of nitrogens with zero attached hydrogens (tertiary/aromatic N) is 1. The SMILES string of the molecule is CC(=O)Nc1nc(CSc2ccc(N)c(F)c2)cs1. The topological polar surface area (TPSA) is 68.0 Å². The molecule has 0 aliphatic heterocycles. The monoisotopic (exact) mass is 297 g/mol. The van der Waals surface area contributed by atoms with E-state index in [9.17, 15) is 9.18 Å². The summed E-state index contributed by atoms with van der Waals surface area (Å²) in [6, 6.07) is 4.72. The highest BCUT2D eigenvalue weighted by atomic mass is 32.2. The van der Waals surface area contributed by atoms with Gasteiger partial charge in [0.1, 0.15) is 5.82 Å². The summed E-state index contributed by atoms with van der Waals surface area (Å²) >= 11 is 2.83. The molecule has 100 valence electrons. The standard InChI is InChI=1S/C12H12FN3OS2/c1-7(17)15-12-16-8(6-19-12)5-18-9-2-3-11(14)10(13)4-9/h2-4,6H,5,14H2,1H3,(H,15,16,17). The number of aromatic nitrogens is 1. The minimum Gasteiger partial charge on any atom is -0.396 e. The number of thioether (sulfide) groups is 1. The van der Waals surface area contributed by atoms with Crippen LogP contribution in [0.5, 0.6) is 0 Å². The highest BCUT2D eigenvalue weighted by Crippen LogP contribution is 2.26. The van der Waals surface area contributed by atoms with Gasteiger partial charge in [0.2, 0.25) is 5.91 Å². The Labute approximate surface area is 118 Å². The Kier molecular flexibility index (Phi) is 4.39. The van der Waals surface area contributed by atoms with Crippen molar-refractivity contribution in [3.05, 3.63) is 35.1 Å². The molecule has 0 saturated carbocycles. The molecular weight excluding hydrogens is 285 g/mol. The molecule has 0 aliphatic rings. The van der Waals surface area contributed by atoms with E-state index in [1.807, 2.05) is 5.38 Å². The zero-order valence-electron chi connectivity index (χ0n) is 10.1. The maximum absolute atomic E-state index is 13.3. The maximum Gasteiger partial charge on any atom is 0.223 e. The summed E-state index contributed by atoms with van der Waals surface area (Å²) in [4.78, 5) is 15.9. The van der Waals surface area contributed by atoms with Crippen molar-refractivity contribution in [2.45, 2.75) is 17.6 Å².